The summed E-state index contributed by atoms with van der Waals surface area (Å²) in [4.78, 5) is 14.0. The fourth-order valence-electron chi connectivity index (χ4n) is 3.70. The molecule has 2 aromatic heterocycles. The SMILES string of the molecule is NS(=O)[O-].O=c1ccccn1Cc1ccc(OC2C=CC=CN2Cc2[nH]nc3ccc(Cl)cc23)cc1. The molecule has 0 amide bonds. The second-order valence-corrected chi connectivity index (χ2v) is 8.80. The van der Waals surface area contributed by atoms with Crippen molar-refractivity contribution < 1.29 is 13.5 Å². The summed E-state index contributed by atoms with van der Waals surface area (Å²) in [5, 5.41) is 13.2. The number of H-pyrrole nitrogens is 1. The summed E-state index contributed by atoms with van der Waals surface area (Å²) in [6, 6.07) is 18.6. The van der Waals surface area contributed by atoms with Crippen molar-refractivity contribution in [1.82, 2.24) is 19.7 Å². The number of aromatic nitrogens is 3. The standard InChI is InChI=1S/C25H21ClN4O2.H3NO2S/c26-19-9-12-22-21(15-19)23(28-27-22)17-30-14-4-2-6-25(30)32-20-10-7-18(8-11-20)16-29-13-3-1-5-24(29)31;1-4(2)3/h1-15,25H,16-17H2,(H,27,28);1H2,(H,2,3)/p-1. The van der Waals surface area contributed by atoms with E-state index in [2.05, 4.69) is 20.2 Å². The van der Waals surface area contributed by atoms with E-state index in [1.54, 1.807) is 22.9 Å². The first-order chi connectivity index (χ1) is 17.4. The van der Waals surface area contributed by atoms with Crippen molar-refractivity contribution in [2.24, 2.45) is 5.14 Å². The summed E-state index contributed by atoms with van der Waals surface area (Å²) < 4.78 is 25.5. The Hall–Kier alpha value is -3.70. The Bertz CT molecular complexity index is 1460. The third-order valence-electron chi connectivity index (χ3n) is 5.36. The van der Waals surface area contributed by atoms with Gasteiger partial charge >= 0.3 is 0 Å². The minimum absolute atomic E-state index is 0.0183. The van der Waals surface area contributed by atoms with Gasteiger partial charge in [-0.15, -0.1) is 0 Å². The van der Waals surface area contributed by atoms with Crippen molar-refractivity contribution in [1.29, 1.82) is 0 Å². The highest BCUT2D eigenvalue weighted by Crippen LogP contribution is 2.24. The number of hydrogen-bond donors (Lipinski definition) is 2. The van der Waals surface area contributed by atoms with Gasteiger partial charge in [0.05, 0.1) is 24.3 Å². The van der Waals surface area contributed by atoms with Crippen LogP contribution in [0.1, 0.15) is 11.3 Å². The number of fused-ring (bicyclic) bond motifs is 1. The second-order valence-electron chi connectivity index (χ2n) is 7.84. The molecule has 2 unspecified atom stereocenters. The number of hydrogen-bond acceptors (Lipinski definition) is 6. The second kappa shape index (κ2) is 11.8. The smallest absolute Gasteiger partial charge is 0.250 e. The molecule has 1 aliphatic rings. The highest BCUT2D eigenvalue weighted by Gasteiger charge is 2.19. The lowest BCUT2D eigenvalue weighted by Crippen LogP contribution is -2.35. The van der Waals surface area contributed by atoms with Crippen LogP contribution in [0.3, 0.4) is 0 Å². The van der Waals surface area contributed by atoms with Crippen LogP contribution in [-0.2, 0) is 24.4 Å². The Balaban J connectivity index is 0.000000709. The van der Waals surface area contributed by atoms with Gasteiger partial charge < -0.3 is 18.8 Å². The zero-order valence-electron chi connectivity index (χ0n) is 19.0. The maximum atomic E-state index is 11.9. The van der Waals surface area contributed by atoms with Crippen molar-refractivity contribution in [2.75, 3.05) is 0 Å². The number of nitrogens with one attached hydrogen (secondary N) is 1. The predicted molar refractivity (Wildman–Crippen MR) is 139 cm³/mol. The molecule has 11 heteroatoms. The first kappa shape index (κ1) is 25.4. The Morgan fingerprint density at radius 3 is 2.64 bits per heavy atom. The molecule has 0 radical (unpaired) electrons. The molecule has 5 rings (SSSR count). The van der Waals surface area contributed by atoms with Gasteiger partial charge in [-0.3, -0.25) is 19.2 Å². The van der Waals surface area contributed by atoms with E-state index < -0.39 is 11.3 Å². The minimum Gasteiger partial charge on any atom is -0.760 e. The lowest BCUT2D eigenvalue weighted by molar-refractivity contribution is 0.0942. The molecule has 9 nitrogen and oxygen atoms in total. The van der Waals surface area contributed by atoms with Crippen LogP contribution >= 0.6 is 11.6 Å². The van der Waals surface area contributed by atoms with Crippen LogP contribution in [0.15, 0.2) is 96.1 Å². The average molecular weight is 525 g/mol. The van der Waals surface area contributed by atoms with Crippen LogP contribution in [0.25, 0.3) is 10.9 Å². The molecule has 0 saturated heterocycles. The summed E-state index contributed by atoms with van der Waals surface area (Å²) >= 11 is 3.81. The van der Waals surface area contributed by atoms with E-state index in [-0.39, 0.29) is 11.8 Å². The van der Waals surface area contributed by atoms with Crippen LogP contribution in [0.2, 0.25) is 5.02 Å². The van der Waals surface area contributed by atoms with E-state index in [9.17, 15) is 4.79 Å². The van der Waals surface area contributed by atoms with E-state index in [0.29, 0.717) is 18.1 Å². The number of aromatic amines is 1. The molecule has 2 aromatic carbocycles. The zero-order chi connectivity index (χ0) is 25.5. The molecule has 4 aromatic rings. The fraction of sp³-hybridized carbons (Fsp3) is 0.120. The average Bonchev–Trinajstić information content (AvgIpc) is 3.24. The van der Waals surface area contributed by atoms with Crippen molar-refractivity contribution in [3.05, 3.63) is 118 Å². The monoisotopic (exact) mass is 524 g/mol. The number of nitrogens with zero attached hydrogens (tertiary/aromatic N) is 3. The van der Waals surface area contributed by atoms with Crippen molar-refractivity contribution in [3.63, 3.8) is 0 Å². The Labute approximate surface area is 214 Å². The zero-order valence-corrected chi connectivity index (χ0v) is 20.6. The topological polar surface area (TPSA) is 129 Å². The van der Waals surface area contributed by atoms with E-state index >= 15 is 0 Å². The molecule has 3 N–H and O–H groups in total. The van der Waals surface area contributed by atoms with Crippen molar-refractivity contribution >= 4 is 33.8 Å². The molecule has 3 heterocycles. The Kier molecular flexibility index (Phi) is 8.34. The number of halogens is 1. The summed E-state index contributed by atoms with van der Waals surface area (Å²) in [5.74, 6) is 0.752. The first-order valence-corrected chi connectivity index (χ1v) is 12.4. The van der Waals surface area contributed by atoms with Gasteiger partial charge in [0.2, 0.25) is 0 Å². The normalized spacial score (nSPS) is 15.4. The molecule has 2 atom stereocenters. The van der Waals surface area contributed by atoms with Gasteiger partial charge in [0.25, 0.3) is 5.56 Å². The summed E-state index contributed by atoms with van der Waals surface area (Å²) in [5.41, 5.74) is 2.86. The van der Waals surface area contributed by atoms with Crippen molar-refractivity contribution in [3.8, 4) is 5.75 Å². The van der Waals surface area contributed by atoms with E-state index in [1.807, 2.05) is 73.0 Å². The van der Waals surface area contributed by atoms with Crippen LogP contribution in [-0.4, -0.2) is 34.7 Å². The quantitative estimate of drug-likeness (QED) is 0.372. The van der Waals surface area contributed by atoms with Gasteiger partial charge in [0, 0.05) is 40.1 Å². The first-order valence-electron chi connectivity index (χ1n) is 10.9. The number of rotatable bonds is 6. The summed E-state index contributed by atoms with van der Waals surface area (Å²) in [6.07, 6.45) is 9.47. The Morgan fingerprint density at radius 2 is 1.89 bits per heavy atom. The maximum absolute atomic E-state index is 11.9. The lowest BCUT2D eigenvalue weighted by Gasteiger charge is -2.30. The van der Waals surface area contributed by atoms with Gasteiger partial charge in [0.15, 0.2) is 6.23 Å². The molecule has 0 saturated carbocycles. The number of nitrogens with two attached hydrogens (primary N) is 1. The Morgan fingerprint density at radius 1 is 1.11 bits per heavy atom. The molecular weight excluding hydrogens is 502 g/mol. The lowest BCUT2D eigenvalue weighted by atomic mass is 10.2. The number of pyridine rings is 1. The molecule has 186 valence electrons. The molecule has 36 heavy (non-hydrogen) atoms. The van der Waals surface area contributed by atoms with Crippen LogP contribution < -0.4 is 15.4 Å². The van der Waals surface area contributed by atoms with Crippen molar-refractivity contribution in [2.45, 2.75) is 19.3 Å². The van der Waals surface area contributed by atoms with Gasteiger partial charge in [-0.1, -0.05) is 35.9 Å². The molecule has 1 aliphatic heterocycles. The molecule has 0 fully saturated rings. The highest BCUT2D eigenvalue weighted by molar-refractivity contribution is 7.76. The van der Waals surface area contributed by atoms with E-state index in [0.717, 1.165) is 27.9 Å². The van der Waals surface area contributed by atoms with Crippen LogP contribution in [0.5, 0.6) is 5.75 Å². The summed E-state index contributed by atoms with van der Waals surface area (Å²) in [7, 11) is 0. The number of allylic oxidation sites excluding steroid dienone is 2. The summed E-state index contributed by atoms with van der Waals surface area (Å²) in [6.45, 7) is 1.12. The molecule has 0 bridgehead atoms. The predicted octanol–water partition coefficient (Wildman–Crippen LogP) is 3.46. The van der Waals surface area contributed by atoms with Gasteiger partial charge in [-0.2, -0.15) is 5.10 Å². The minimum atomic E-state index is -2.36. The van der Waals surface area contributed by atoms with Crippen LogP contribution in [0.4, 0.5) is 0 Å². The third kappa shape index (κ3) is 6.70. The van der Waals surface area contributed by atoms with Gasteiger partial charge in [0.1, 0.15) is 5.75 Å². The molecular formula is C25H23ClN5O4S-. The molecule has 0 aliphatic carbocycles. The van der Waals surface area contributed by atoms with E-state index in [1.165, 1.54) is 0 Å². The largest absolute Gasteiger partial charge is 0.760 e. The highest BCUT2D eigenvalue weighted by atomic mass is 35.5. The maximum Gasteiger partial charge on any atom is 0.250 e. The van der Waals surface area contributed by atoms with Gasteiger partial charge in [-0.05, 0) is 54.1 Å². The number of benzene rings is 2. The van der Waals surface area contributed by atoms with Gasteiger partial charge in [-0.25, -0.2) is 0 Å². The third-order valence-corrected chi connectivity index (χ3v) is 5.59. The fourth-order valence-corrected chi connectivity index (χ4v) is 3.88. The number of ether oxygens (including phenoxy) is 1. The van der Waals surface area contributed by atoms with E-state index in [4.69, 9.17) is 25.1 Å². The molecule has 0 spiro atoms. The van der Waals surface area contributed by atoms with Crippen LogP contribution in [0, 0.1) is 0 Å².